The topological polar surface area (TPSA) is 63.7 Å². The number of rotatable bonds is 20. The van der Waals surface area contributed by atoms with Gasteiger partial charge in [-0.3, -0.25) is 4.31 Å². The van der Waals surface area contributed by atoms with Crippen LogP contribution in [0.4, 0.5) is 11.4 Å². The molecule has 1 unspecified atom stereocenters. The Hall–Kier alpha value is -0.414. The molecule has 5 nitrogen and oxygen atoms in total. The quantitative estimate of drug-likeness (QED) is 0.110. The van der Waals surface area contributed by atoms with Gasteiger partial charge >= 0.3 is 51.4 Å². The van der Waals surface area contributed by atoms with Crippen molar-refractivity contribution < 1.29 is 64.4 Å². The van der Waals surface area contributed by atoms with Crippen molar-refractivity contribution in [3.05, 3.63) is 60.2 Å². The summed E-state index contributed by atoms with van der Waals surface area (Å²) in [5, 5.41) is 0. The molecule has 0 saturated carbocycles. The molecule has 0 aliphatic carbocycles. The van der Waals surface area contributed by atoms with E-state index >= 15 is 0 Å². The second-order valence-electron chi connectivity index (χ2n) is 10.9. The van der Waals surface area contributed by atoms with Crippen molar-refractivity contribution in [2.45, 2.75) is 129 Å². The van der Waals surface area contributed by atoms with Crippen molar-refractivity contribution >= 4 is 21.7 Å². The molecule has 0 saturated heterocycles. The van der Waals surface area contributed by atoms with Gasteiger partial charge in [0.05, 0.1) is 11.4 Å². The van der Waals surface area contributed by atoms with Crippen molar-refractivity contribution in [3.8, 4) is 0 Å². The van der Waals surface area contributed by atoms with Crippen LogP contribution in [0.25, 0.3) is 0 Å². The molecule has 1 aliphatic rings. The fourth-order valence-corrected chi connectivity index (χ4v) is 6.64. The first-order valence-corrected chi connectivity index (χ1v) is 16.5. The largest absolute Gasteiger partial charge is 1.00 e. The van der Waals surface area contributed by atoms with Gasteiger partial charge in [0.25, 0.3) is 0 Å². The minimum absolute atomic E-state index is 0. The van der Waals surface area contributed by atoms with Crippen LogP contribution in [0.5, 0.6) is 0 Å². The van der Waals surface area contributed by atoms with E-state index in [0.29, 0.717) is 18.7 Å². The second kappa shape index (κ2) is 19.7. The van der Waals surface area contributed by atoms with Crippen LogP contribution in [-0.4, -0.2) is 19.1 Å². The predicted molar refractivity (Wildman–Crippen MR) is 159 cm³/mol. The van der Waals surface area contributed by atoms with E-state index < -0.39 is 16.5 Å². The smallest absolute Gasteiger partial charge is 0.731 e. The number of benzene rings is 2. The first kappa shape index (κ1) is 34.8. The van der Waals surface area contributed by atoms with Gasteiger partial charge in [-0.05, 0) is 30.5 Å². The Morgan fingerprint density at radius 3 is 1.56 bits per heavy atom. The maximum atomic E-state index is 12.3. The summed E-state index contributed by atoms with van der Waals surface area (Å²) >= 11 is 0. The Morgan fingerprint density at radius 2 is 1.08 bits per heavy atom. The normalized spacial score (nSPS) is 14.9. The van der Waals surface area contributed by atoms with Crippen molar-refractivity contribution in [1.29, 1.82) is 0 Å². The van der Waals surface area contributed by atoms with Crippen LogP contribution in [-0.2, 0) is 16.8 Å². The van der Waals surface area contributed by atoms with E-state index in [4.69, 9.17) is 0 Å². The maximum Gasteiger partial charge on any atom is 1.00 e. The van der Waals surface area contributed by atoms with Gasteiger partial charge in [0.15, 0.2) is 10.3 Å². The zero-order valence-electron chi connectivity index (χ0n) is 24.5. The van der Waals surface area contributed by atoms with Crippen LogP contribution >= 0.6 is 0 Å². The zero-order chi connectivity index (χ0) is 27.1. The molecule has 0 N–H and O–H groups in total. The molecular formula is C32H49KN2O3S. The first-order chi connectivity index (χ1) is 18.5. The maximum absolute atomic E-state index is 12.3. The van der Waals surface area contributed by atoms with Gasteiger partial charge in [-0.2, -0.15) is 0 Å². The van der Waals surface area contributed by atoms with E-state index in [9.17, 15) is 13.0 Å². The molecule has 2 aromatic rings. The monoisotopic (exact) mass is 580 g/mol. The van der Waals surface area contributed by atoms with Gasteiger partial charge in [-0.1, -0.05) is 146 Å². The molecule has 3 rings (SSSR count). The predicted octanol–water partition coefficient (Wildman–Crippen LogP) is 5.96. The van der Waals surface area contributed by atoms with E-state index in [1.165, 1.54) is 89.9 Å². The van der Waals surface area contributed by atoms with Crippen LogP contribution in [0.1, 0.15) is 122 Å². The number of hydrogen-bond donors (Lipinski definition) is 0. The van der Waals surface area contributed by atoms with E-state index in [0.717, 1.165) is 28.4 Å². The SMILES string of the molecule is CCCCCCCCCCCCCCCCCCC1N(Cc2ccccc2)c2ccccc2N1S(=O)(=O)[O-].[K+]. The number of anilines is 2. The van der Waals surface area contributed by atoms with Crippen LogP contribution in [0.15, 0.2) is 54.6 Å². The van der Waals surface area contributed by atoms with Crippen LogP contribution in [0.3, 0.4) is 0 Å². The first-order valence-electron chi connectivity index (χ1n) is 15.2. The molecule has 1 aliphatic heterocycles. The Morgan fingerprint density at radius 1 is 0.641 bits per heavy atom. The molecule has 39 heavy (non-hydrogen) atoms. The molecule has 0 aromatic heterocycles. The number of unbranched alkanes of at least 4 members (excludes halogenated alkanes) is 15. The Labute approximate surface area is 281 Å². The molecule has 1 heterocycles. The van der Waals surface area contributed by atoms with Gasteiger partial charge in [-0.25, -0.2) is 8.42 Å². The average Bonchev–Trinajstić information content (AvgIpc) is 3.22. The Balaban J connectivity index is 0.00000533. The molecular weight excluding hydrogens is 532 g/mol. The third kappa shape index (κ3) is 12.2. The van der Waals surface area contributed by atoms with Crippen molar-refractivity contribution in [2.24, 2.45) is 0 Å². The fourth-order valence-electron chi connectivity index (χ4n) is 5.73. The molecule has 212 valence electrons. The van der Waals surface area contributed by atoms with E-state index in [-0.39, 0.29) is 51.4 Å². The number of nitrogens with zero attached hydrogens (tertiary/aromatic N) is 2. The van der Waals surface area contributed by atoms with Crippen LogP contribution < -0.4 is 60.6 Å². The zero-order valence-corrected chi connectivity index (χ0v) is 28.5. The third-order valence-corrected chi connectivity index (χ3v) is 8.73. The summed E-state index contributed by atoms with van der Waals surface area (Å²) in [5.41, 5.74) is 2.42. The van der Waals surface area contributed by atoms with Gasteiger partial charge in [0.2, 0.25) is 0 Å². The number of para-hydroxylation sites is 2. The van der Waals surface area contributed by atoms with Gasteiger partial charge in [-0.15, -0.1) is 0 Å². The van der Waals surface area contributed by atoms with Crippen molar-refractivity contribution in [2.75, 3.05) is 9.21 Å². The third-order valence-electron chi connectivity index (χ3n) is 7.81. The second-order valence-corrected chi connectivity index (χ2v) is 12.2. The number of fused-ring (bicyclic) bond motifs is 1. The van der Waals surface area contributed by atoms with Gasteiger partial charge < -0.3 is 9.45 Å². The van der Waals surface area contributed by atoms with Gasteiger partial charge in [0, 0.05) is 6.54 Å². The van der Waals surface area contributed by atoms with Crippen LogP contribution in [0.2, 0.25) is 0 Å². The summed E-state index contributed by atoms with van der Waals surface area (Å²) in [5.74, 6) is 0. The molecule has 0 amide bonds. The minimum Gasteiger partial charge on any atom is -0.731 e. The fraction of sp³-hybridized carbons (Fsp3) is 0.625. The van der Waals surface area contributed by atoms with E-state index in [1.807, 2.05) is 42.5 Å². The molecule has 1 atom stereocenters. The minimum atomic E-state index is -4.62. The summed E-state index contributed by atoms with van der Waals surface area (Å²) in [7, 11) is -4.62. The van der Waals surface area contributed by atoms with E-state index in [2.05, 4.69) is 11.8 Å². The molecule has 0 spiro atoms. The summed E-state index contributed by atoms with van der Waals surface area (Å²) < 4.78 is 38.1. The van der Waals surface area contributed by atoms with Crippen LogP contribution in [0, 0.1) is 0 Å². The molecule has 0 radical (unpaired) electrons. The Bertz CT molecular complexity index is 1020. The number of hydrogen-bond acceptors (Lipinski definition) is 4. The standard InChI is InChI=1S/C32H50N2O3S.K/c1-2-3-4-5-6-7-8-9-10-11-12-13-14-15-16-20-27-32-33(28-29-23-18-17-19-24-29)30-25-21-22-26-31(30)34(32)38(35,36)37;/h17-19,21-26,32H,2-16,20,27-28H2,1H3,(H,35,36,37);/q;+1/p-1. The average molecular weight is 581 g/mol. The summed E-state index contributed by atoms with van der Waals surface area (Å²) in [4.78, 5) is 2.09. The summed E-state index contributed by atoms with van der Waals surface area (Å²) in [6, 6.07) is 17.4. The van der Waals surface area contributed by atoms with Crippen molar-refractivity contribution in [1.82, 2.24) is 0 Å². The molecule has 7 heteroatoms. The molecule has 2 aromatic carbocycles. The summed E-state index contributed by atoms with van der Waals surface area (Å²) in [6.07, 6.45) is 21.0. The summed E-state index contributed by atoms with van der Waals surface area (Å²) in [6.45, 7) is 2.85. The van der Waals surface area contributed by atoms with Crippen molar-refractivity contribution in [3.63, 3.8) is 0 Å². The molecule has 0 fully saturated rings. The van der Waals surface area contributed by atoms with E-state index in [1.54, 1.807) is 12.1 Å². The van der Waals surface area contributed by atoms with Gasteiger partial charge in [0.1, 0.15) is 6.17 Å². The molecule has 0 bridgehead atoms. The Kier molecular flexibility index (Phi) is 17.5.